The van der Waals surface area contributed by atoms with Gasteiger partial charge in [-0.05, 0) is 64.7 Å². The number of rotatable bonds is 10. The van der Waals surface area contributed by atoms with Crippen LogP contribution in [0.4, 0.5) is 18.9 Å². The molecule has 3 amide bonds. The quantitative estimate of drug-likeness (QED) is 0.137. The van der Waals surface area contributed by atoms with Crippen LogP contribution < -0.4 is 10.6 Å². The molecular weight excluding hydrogens is 641 g/mol. The highest BCUT2D eigenvalue weighted by atomic mass is 19.4. The fourth-order valence-electron chi connectivity index (χ4n) is 5.83. The third kappa shape index (κ3) is 7.76. The number of aromatic amines is 1. The maximum atomic E-state index is 13.6. The topological polar surface area (TPSA) is 94.3 Å². The lowest BCUT2D eigenvalue weighted by Gasteiger charge is -2.24. The predicted molar refractivity (Wildman–Crippen MR) is 188 cm³/mol. The number of H-pyrrole nitrogens is 1. The molecule has 1 aromatic heterocycles. The summed E-state index contributed by atoms with van der Waals surface area (Å²) < 4.78 is 39.2. The summed E-state index contributed by atoms with van der Waals surface area (Å²) in [4.78, 5) is 45.1. The number of amides is 3. The predicted octanol–water partition coefficient (Wildman–Crippen LogP) is 8.28. The van der Waals surface area contributed by atoms with Gasteiger partial charge < -0.3 is 20.5 Å². The maximum Gasteiger partial charge on any atom is 0.416 e. The van der Waals surface area contributed by atoms with E-state index < -0.39 is 29.5 Å². The number of aromatic nitrogens is 1. The van der Waals surface area contributed by atoms with Crippen LogP contribution >= 0.6 is 0 Å². The molecule has 0 saturated carbocycles. The molecule has 0 aliphatic carbocycles. The van der Waals surface area contributed by atoms with Crippen molar-refractivity contribution in [2.75, 3.05) is 18.9 Å². The lowest BCUT2D eigenvalue weighted by Crippen LogP contribution is -2.38. The van der Waals surface area contributed by atoms with Gasteiger partial charge in [-0.1, -0.05) is 91.0 Å². The number of carbonyl (C=O) groups excluding carboxylic acids is 3. The van der Waals surface area contributed by atoms with E-state index in [2.05, 4.69) is 15.6 Å². The van der Waals surface area contributed by atoms with Crippen LogP contribution in [0.5, 0.6) is 0 Å². The summed E-state index contributed by atoms with van der Waals surface area (Å²) in [7, 11) is 1.74. The molecule has 5 aromatic carbocycles. The lowest BCUT2D eigenvalue weighted by molar-refractivity contribution is -0.137. The van der Waals surface area contributed by atoms with Crippen molar-refractivity contribution >= 4 is 34.3 Å². The molecule has 6 rings (SSSR count). The highest BCUT2D eigenvalue weighted by molar-refractivity contribution is 6.09. The van der Waals surface area contributed by atoms with Gasteiger partial charge in [0.15, 0.2) is 0 Å². The van der Waals surface area contributed by atoms with Crippen molar-refractivity contribution < 1.29 is 27.6 Å². The Morgan fingerprint density at radius 2 is 1.42 bits per heavy atom. The Balaban J connectivity index is 1.15. The normalized spacial score (nSPS) is 11.9. The molecule has 0 aliphatic heterocycles. The Kier molecular flexibility index (Phi) is 9.80. The number of fused-ring (bicyclic) bond motifs is 1. The molecule has 0 aliphatic rings. The van der Waals surface area contributed by atoms with E-state index in [0.717, 1.165) is 23.3 Å². The highest BCUT2D eigenvalue weighted by Gasteiger charge is 2.30. The van der Waals surface area contributed by atoms with Crippen LogP contribution in [0.1, 0.15) is 43.5 Å². The number of hydrogen-bond donors (Lipinski definition) is 3. The van der Waals surface area contributed by atoms with Crippen molar-refractivity contribution in [3.8, 4) is 11.1 Å². The van der Waals surface area contributed by atoms with Gasteiger partial charge in [0.2, 0.25) is 5.91 Å². The van der Waals surface area contributed by atoms with Gasteiger partial charge >= 0.3 is 6.18 Å². The number of carbonyl (C=O) groups is 3. The molecule has 0 radical (unpaired) electrons. The minimum absolute atomic E-state index is 0.0792. The number of anilines is 1. The largest absolute Gasteiger partial charge is 0.416 e. The van der Waals surface area contributed by atoms with Crippen LogP contribution in [-0.2, 0) is 17.5 Å². The van der Waals surface area contributed by atoms with Crippen molar-refractivity contribution in [3.05, 3.63) is 161 Å². The van der Waals surface area contributed by atoms with E-state index in [1.54, 1.807) is 60.5 Å². The van der Waals surface area contributed by atoms with Gasteiger partial charge in [0, 0.05) is 42.3 Å². The Morgan fingerprint density at radius 1 is 0.760 bits per heavy atom. The average molecular weight is 675 g/mol. The lowest BCUT2D eigenvalue weighted by atomic mass is 9.97. The van der Waals surface area contributed by atoms with Gasteiger partial charge in [-0.3, -0.25) is 14.4 Å². The number of nitrogens with zero attached hydrogens (tertiary/aromatic N) is 1. The van der Waals surface area contributed by atoms with E-state index >= 15 is 0 Å². The van der Waals surface area contributed by atoms with E-state index in [1.807, 2.05) is 60.7 Å². The third-order valence-corrected chi connectivity index (χ3v) is 8.42. The SMILES string of the molecule is CN(Cc1ccccc1)C(=O)[C@H](CNC(=O)c1cc2cc(NC(=O)c3ccccc3-c3ccc(C(F)(F)F)cc3)ccc2[nH]1)c1ccccc1. The van der Waals surface area contributed by atoms with Crippen molar-refractivity contribution in [2.24, 2.45) is 0 Å². The zero-order chi connectivity index (χ0) is 35.3. The van der Waals surface area contributed by atoms with Crippen molar-refractivity contribution in [1.82, 2.24) is 15.2 Å². The standard InChI is InChI=1S/C40H33F3N4O3/c1-47(25-26-10-4-2-5-11-26)39(50)34(27-12-6-3-7-13-27)24-44-38(49)36-23-29-22-31(20-21-35(29)46-36)45-37(48)33-15-9-8-14-32(33)28-16-18-30(19-17-28)40(41,42)43/h2-23,34,46H,24-25H2,1H3,(H,44,49)(H,45,48)/t34-/m1/s1. The summed E-state index contributed by atoms with van der Waals surface area (Å²) in [6, 6.07) is 37.1. The summed E-state index contributed by atoms with van der Waals surface area (Å²) in [5, 5.41) is 6.44. The molecule has 1 heterocycles. The molecule has 1 atom stereocenters. The van der Waals surface area contributed by atoms with Gasteiger partial charge in [0.25, 0.3) is 11.8 Å². The summed E-state index contributed by atoms with van der Waals surface area (Å²) in [5.74, 6) is -1.57. The van der Waals surface area contributed by atoms with E-state index in [1.165, 1.54) is 12.1 Å². The second kappa shape index (κ2) is 14.5. The van der Waals surface area contributed by atoms with Crippen LogP contribution in [0.25, 0.3) is 22.0 Å². The van der Waals surface area contributed by atoms with Crippen molar-refractivity contribution in [1.29, 1.82) is 0 Å². The van der Waals surface area contributed by atoms with Gasteiger partial charge in [0.05, 0.1) is 11.5 Å². The molecule has 0 fully saturated rings. The molecule has 0 spiro atoms. The molecular formula is C40H33F3N4O3. The van der Waals surface area contributed by atoms with Gasteiger partial charge in [0.1, 0.15) is 5.69 Å². The highest BCUT2D eigenvalue weighted by Crippen LogP contribution is 2.32. The average Bonchev–Trinajstić information content (AvgIpc) is 3.56. The fraction of sp³-hybridized carbons (Fsp3) is 0.125. The summed E-state index contributed by atoms with van der Waals surface area (Å²) >= 11 is 0. The second-order valence-electron chi connectivity index (χ2n) is 11.9. The Bertz CT molecular complexity index is 2130. The van der Waals surface area contributed by atoms with Gasteiger partial charge in [-0.15, -0.1) is 0 Å². The van der Waals surface area contributed by atoms with Crippen LogP contribution in [0.3, 0.4) is 0 Å². The molecule has 50 heavy (non-hydrogen) atoms. The first-order chi connectivity index (χ1) is 24.1. The first kappa shape index (κ1) is 33.7. The molecule has 0 unspecified atom stereocenters. The zero-order valence-corrected chi connectivity index (χ0v) is 27.0. The molecule has 0 bridgehead atoms. The summed E-state index contributed by atoms with van der Waals surface area (Å²) in [6.07, 6.45) is -4.46. The number of nitrogens with one attached hydrogen (secondary N) is 3. The number of likely N-dealkylation sites (N-methyl/N-ethyl adjacent to an activating group) is 1. The van der Waals surface area contributed by atoms with Gasteiger partial charge in [-0.25, -0.2) is 0 Å². The molecule has 252 valence electrons. The number of benzene rings is 5. The summed E-state index contributed by atoms with van der Waals surface area (Å²) in [6.45, 7) is 0.508. The van der Waals surface area contributed by atoms with Crippen LogP contribution in [0, 0.1) is 0 Å². The van der Waals surface area contributed by atoms with E-state index in [4.69, 9.17) is 0 Å². The van der Waals surface area contributed by atoms with Crippen LogP contribution in [0.15, 0.2) is 133 Å². The van der Waals surface area contributed by atoms with Gasteiger partial charge in [-0.2, -0.15) is 13.2 Å². The monoisotopic (exact) mass is 674 g/mol. The van der Waals surface area contributed by atoms with Crippen LogP contribution in [0.2, 0.25) is 0 Å². The Morgan fingerprint density at radius 3 is 2.12 bits per heavy atom. The van der Waals surface area contributed by atoms with E-state index in [9.17, 15) is 27.6 Å². The Hall–Kier alpha value is -6.16. The molecule has 6 aromatic rings. The van der Waals surface area contributed by atoms with Crippen molar-refractivity contribution in [2.45, 2.75) is 18.6 Å². The molecule has 10 heteroatoms. The van der Waals surface area contributed by atoms with Crippen molar-refractivity contribution in [3.63, 3.8) is 0 Å². The second-order valence-corrected chi connectivity index (χ2v) is 11.9. The third-order valence-electron chi connectivity index (χ3n) is 8.42. The minimum atomic E-state index is -4.46. The molecule has 0 saturated heterocycles. The number of alkyl halides is 3. The fourth-order valence-corrected chi connectivity index (χ4v) is 5.83. The smallest absolute Gasteiger partial charge is 0.351 e. The zero-order valence-electron chi connectivity index (χ0n) is 27.0. The van der Waals surface area contributed by atoms with Crippen LogP contribution in [-0.4, -0.2) is 41.2 Å². The minimum Gasteiger partial charge on any atom is -0.351 e. The molecule has 3 N–H and O–H groups in total. The first-order valence-corrected chi connectivity index (χ1v) is 15.9. The summed E-state index contributed by atoms with van der Waals surface area (Å²) in [5.41, 5.74) is 3.67. The first-order valence-electron chi connectivity index (χ1n) is 15.9. The number of halogens is 3. The maximum absolute atomic E-state index is 13.6. The van der Waals surface area contributed by atoms with E-state index in [0.29, 0.717) is 39.8 Å². The number of hydrogen-bond acceptors (Lipinski definition) is 3. The van der Waals surface area contributed by atoms with E-state index in [-0.39, 0.29) is 18.1 Å². The molecule has 7 nitrogen and oxygen atoms in total. The Labute approximate surface area is 286 Å².